The number of nitrogens with zero attached hydrogens (tertiary/aromatic N) is 1. The van der Waals surface area contributed by atoms with E-state index in [0.29, 0.717) is 11.5 Å². The monoisotopic (exact) mass is 265 g/mol. The van der Waals surface area contributed by atoms with Crippen LogP contribution >= 0.6 is 0 Å². The van der Waals surface area contributed by atoms with Gasteiger partial charge in [0, 0.05) is 24.8 Å². The lowest BCUT2D eigenvalue weighted by Crippen LogP contribution is -2.28. The van der Waals surface area contributed by atoms with Crippen molar-refractivity contribution < 1.29 is 9.50 Å². The summed E-state index contributed by atoms with van der Waals surface area (Å²) in [6, 6.07) is 5.03. The third-order valence-corrected chi connectivity index (χ3v) is 4.12. The fourth-order valence-electron chi connectivity index (χ4n) is 3.13. The van der Waals surface area contributed by atoms with Gasteiger partial charge in [-0.05, 0) is 37.8 Å². The highest BCUT2D eigenvalue weighted by molar-refractivity contribution is 5.54. The van der Waals surface area contributed by atoms with Gasteiger partial charge in [-0.2, -0.15) is 0 Å². The first-order chi connectivity index (χ1) is 9.09. The molecule has 1 aromatic carbocycles. The highest BCUT2D eigenvalue weighted by Gasteiger charge is 2.20. The zero-order chi connectivity index (χ0) is 13.8. The van der Waals surface area contributed by atoms with Crippen LogP contribution in [0.1, 0.15) is 50.7 Å². The molecule has 0 saturated heterocycles. The van der Waals surface area contributed by atoms with E-state index in [2.05, 4.69) is 4.90 Å². The van der Waals surface area contributed by atoms with Gasteiger partial charge in [-0.3, -0.25) is 0 Å². The Balaban J connectivity index is 2.13. The number of benzene rings is 1. The second-order valence-electron chi connectivity index (χ2n) is 5.73. The first-order valence-corrected chi connectivity index (χ1v) is 7.27. The molecule has 0 amide bonds. The van der Waals surface area contributed by atoms with Crippen molar-refractivity contribution in [1.29, 1.82) is 0 Å². The Labute approximate surface area is 115 Å². The quantitative estimate of drug-likeness (QED) is 0.892. The number of anilines is 1. The molecule has 1 saturated carbocycles. The maximum Gasteiger partial charge on any atom is 0.131 e. The molecule has 106 valence electrons. The second kappa shape index (κ2) is 6.38. The van der Waals surface area contributed by atoms with E-state index >= 15 is 0 Å². The molecule has 0 heterocycles. The molecule has 0 spiro atoms. The molecular formula is C16H24FNO. The van der Waals surface area contributed by atoms with Crippen LogP contribution in [0.15, 0.2) is 18.2 Å². The SMILES string of the molecule is CC(O)c1c(F)cccc1N(C)CC1CCCCC1. The molecule has 1 aliphatic carbocycles. The van der Waals surface area contributed by atoms with Crippen molar-refractivity contribution in [2.24, 2.45) is 5.92 Å². The van der Waals surface area contributed by atoms with Gasteiger partial charge in [0.15, 0.2) is 0 Å². The highest BCUT2D eigenvalue weighted by atomic mass is 19.1. The van der Waals surface area contributed by atoms with Crippen LogP contribution in [0, 0.1) is 11.7 Å². The molecule has 0 aliphatic heterocycles. The summed E-state index contributed by atoms with van der Waals surface area (Å²) in [6.45, 7) is 2.57. The van der Waals surface area contributed by atoms with Gasteiger partial charge in [-0.15, -0.1) is 0 Å². The minimum absolute atomic E-state index is 0.317. The number of aliphatic hydroxyl groups excluding tert-OH is 1. The van der Waals surface area contributed by atoms with Gasteiger partial charge in [0.05, 0.1) is 6.10 Å². The molecule has 2 nitrogen and oxygen atoms in total. The minimum atomic E-state index is -0.773. The summed E-state index contributed by atoms with van der Waals surface area (Å²) in [5.41, 5.74) is 1.24. The van der Waals surface area contributed by atoms with E-state index in [0.717, 1.165) is 12.2 Å². The van der Waals surface area contributed by atoms with E-state index < -0.39 is 6.10 Å². The van der Waals surface area contributed by atoms with E-state index in [9.17, 15) is 9.50 Å². The third kappa shape index (κ3) is 3.47. The number of hydrogen-bond acceptors (Lipinski definition) is 2. The predicted octanol–water partition coefficient (Wildman–Crippen LogP) is 3.90. The molecule has 1 aromatic rings. The molecule has 3 heteroatoms. The predicted molar refractivity (Wildman–Crippen MR) is 76.9 cm³/mol. The zero-order valence-electron chi connectivity index (χ0n) is 11.9. The Morgan fingerprint density at radius 3 is 2.63 bits per heavy atom. The standard InChI is InChI=1S/C16H24FNO/c1-12(19)16-14(17)9-6-10-15(16)18(2)11-13-7-4-3-5-8-13/h6,9-10,12-13,19H,3-5,7-8,11H2,1-2H3. The van der Waals surface area contributed by atoms with Crippen molar-refractivity contribution in [2.75, 3.05) is 18.5 Å². The molecule has 1 aliphatic rings. The summed E-state index contributed by atoms with van der Waals surface area (Å²) in [7, 11) is 2.00. The van der Waals surface area contributed by atoms with E-state index in [-0.39, 0.29) is 5.82 Å². The topological polar surface area (TPSA) is 23.5 Å². The van der Waals surface area contributed by atoms with E-state index in [1.807, 2.05) is 13.1 Å². The molecule has 0 radical (unpaired) electrons. The van der Waals surface area contributed by atoms with Gasteiger partial charge in [0.25, 0.3) is 0 Å². The first kappa shape index (κ1) is 14.3. The maximum absolute atomic E-state index is 13.9. The van der Waals surface area contributed by atoms with Crippen molar-refractivity contribution in [3.8, 4) is 0 Å². The van der Waals surface area contributed by atoms with Gasteiger partial charge < -0.3 is 10.0 Å². The summed E-state index contributed by atoms with van der Waals surface area (Å²) in [6.07, 6.45) is 5.73. The van der Waals surface area contributed by atoms with Gasteiger partial charge in [0.2, 0.25) is 0 Å². The zero-order valence-corrected chi connectivity index (χ0v) is 11.9. The van der Waals surface area contributed by atoms with Crippen molar-refractivity contribution in [1.82, 2.24) is 0 Å². The first-order valence-electron chi connectivity index (χ1n) is 7.27. The summed E-state index contributed by atoms with van der Waals surface area (Å²) in [5, 5.41) is 9.77. The second-order valence-corrected chi connectivity index (χ2v) is 5.73. The number of aliphatic hydroxyl groups is 1. The lowest BCUT2D eigenvalue weighted by molar-refractivity contribution is 0.194. The van der Waals surface area contributed by atoms with Crippen LogP contribution in [0.2, 0.25) is 0 Å². The number of rotatable bonds is 4. The Bertz CT molecular complexity index is 413. The van der Waals surface area contributed by atoms with Crippen LogP contribution in [0.3, 0.4) is 0 Å². The highest BCUT2D eigenvalue weighted by Crippen LogP contribution is 2.31. The molecule has 1 fully saturated rings. The Kier molecular flexibility index (Phi) is 4.81. The van der Waals surface area contributed by atoms with Crippen molar-refractivity contribution in [2.45, 2.75) is 45.1 Å². The van der Waals surface area contributed by atoms with Gasteiger partial charge in [-0.25, -0.2) is 4.39 Å². The third-order valence-electron chi connectivity index (χ3n) is 4.12. The lowest BCUT2D eigenvalue weighted by atomic mass is 9.89. The van der Waals surface area contributed by atoms with Crippen molar-refractivity contribution in [3.05, 3.63) is 29.6 Å². The largest absolute Gasteiger partial charge is 0.389 e. The molecule has 1 unspecified atom stereocenters. The number of halogens is 1. The molecule has 1 N–H and O–H groups in total. The summed E-state index contributed by atoms with van der Waals surface area (Å²) in [4.78, 5) is 2.10. The molecular weight excluding hydrogens is 241 g/mol. The molecule has 0 aromatic heterocycles. The van der Waals surface area contributed by atoms with Crippen LogP contribution in [0.25, 0.3) is 0 Å². The van der Waals surface area contributed by atoms with Gasteiger partial charge >= 0.3 is 0 Å². The van der Waals surface area contributed by atoms with Crippen LogP contribution < -0.4 is 4.90 Å². The van der Waals surface area contributed by atoms with Crippen molar-refractivity contribution >= 4 is 5.69 Å². The molecule has 1 atom stereocenters. The Morgan fingerprint density at radius 2 is 2.00 bits per heavy atom. The Hall–Kier alpha value is -1.09. The maximum atomic E-state index is 13.9. The summed E-state index contributed by atoms with van der Waals surface area (Å²) in [5.74, 6) is 0.381. The smallest absolute Gasteiger partial charge is 0.131 e. The Morgan fingerprint density at radius 1 is 1.32 bits per heavy atom. The van der Waals surface area contributed by atoms with Crippen LogP contribution in [0.5, 0.6) is 0 Å². The fraction of sp³-hybridized carbons (Fsp3) is 0.625. The average Bonchev–Trinajstić information content (AvgIpc) is 2.39. The van der Waals surface area contributed by atoms with E-state index in [1.54, 1.807) is 13.0 Å². The van der Waals surface area contributed by atoms with Crippen LogP contribution in [-0.2, 0) is 0 Å². The normalized spacial score (nSPS) is 18.3. The fourth-order valence-corrected chi connectivity index (χ4v) is 3.13. The van der Waals surface area contributed by atoms with Crippen molar-refractivity contribution in [3.63, 3.8) is 0 Å². The van der Waals surface area contributed by atoms with Crippen LogP contribution in [0.4, 0.5) is 10.1 Å². The lowest BCUT2D eigenvalue weighted by Gasteiger charge is -2.30. The average molecular weight is 265 g/mol. The van der Waals surface area contributed by atoms with E-state index in [4.69, 9.17) is 0 Å². The minimum Gasteiger partial charge on any atom is -0.389 e. The van der Waals surface area contributed by atoms with Gasteiger partial charge in [0.1, 0.15) is 5.82 Å². The molecule has 2 rings (SSSR count). The summed E-state index contributed by atoms with van der Waals surface area (Å²) < 4.78 is 13.9. The van der Waals surface area contributed by atoms with Gasteiger partial charge in [-0.1, -0.05) is 25.3 Å². The summed E-state index contributed by atoms with van der Waals surface area (Å²) >= 11 is 0. The van der Waals surface area contributed by atoms with Crippen LogP contribution in [-0.4, -0.2) is 18.7 Å². The molecule has 19 heavy (non-hydrogen) atoms. The van der Waals surface area contributed by atoms with E-state index in [1.165, 1.54) is 38.2 Å². The molecule has 0 bridgehead atoms. The number of hydrogen-bond donors (Lipinski definition) is 1.